The summed E-state index contributed by atoms with van der Waals surface area (Å²) in [6.07, 6.45) is 44.5. The maximum atomic E-state index is 12.0. The fourth-order valence-corrected chi connectivity index (χ4v) is 6.04. The number of unbranched alkanes of at least 4 members (excludes halogenated alkanes) is 16. The highest BCUT2D eigenvalue weighted by Gasteiger charge is 2.28. The van der Waals surface area contributed by atoms with Gasteiger partial charge < -0.3 is 4.74 Å². The van der Waals surface area contributed by atoms with Gasteiger partial charge in [0.25, 0.3) is 10.1 Å². The molecule has 0 aliphatic rings. The Bertz CT molecular complexity index is 887. The summed E-state index contributed by atoms with van der Waals surface area (Å²) < 4.78 is 35.1. The molecule has 0 aliphatic carbocycles. The minimum Gasteiger partial charge on any atom is -0.460 e. The Kier molecular flexibility index (Phi) is 31.1. The summed E-state index contributed by atoms with van der Waals surface area (Å²) in [6.45, 7) is 5.86. The molecule has 0 heterocycles. The van der Waals surface area contributed by atoms with Crippen molar-refractivity contribution in [3.05, 3.63) is 48.6 Å². The Morgan fingerprint density at radius 2 is 0.889 bits per heavy atom. The maximum Gasteiger partial charge on any atom is 0.302 e. The first-order valence-corrected chi connectivity index (χ1v) is 20.3. The topological polar surface area (TPSA) is 69.7 Å². The molecule has 2 unspecified atom stereocenters. The Balaban J connectivity index is 4.29. The van der Waals surface area contributed by atoms with E-state index in [4.69, 9.17) is 8.92 Å². The van der Waals surface area contributed by atoms with Crippen LogP contribution in [-0.2, 0) is 23.8 Å². The molecule has 0 aromatic rings. The lowest BCUT2D eigenvalue weighted by atomic mass is 9.99. The molecule has 0 aromatic heterocycles. The van der Waals surface area contributed by atoms with Crippen molar-refractivity contribution in [1.29, 1.82) is 0 Å². The summed E-state index contributed by atoms with van der Waals surface area (Å²) in [5.74, 6) is -0.385. The zero-order valence-corrected chi connectivity index (χ0v) is 30.5. The number of hydrogen-bond donors (Lipinski definition) is 0. The molecule has 0 saturated heterocycles. The molecule has 0 spiro atoms. The molecule has 0 saturated carbocycles. The predicted molar refractivity (Wildman–Crippen MR) is 194 cm³/mol. The van der Waals surface area contributed by atoms with Gasteiger partial charge in [0, 0.05) is 6.92 Å². The average Bonchev–Trinajstić information content (AvgIpc) is 2.99. The zero-order valence-electron chi connectivity index (χ0n) is 29.7. The van der Waals surface area contributed by atoms with Crippen molar-refractivity contribution >= 4 is 16.1 Å². The van der Waals surface area contributed by atoms with Gasteiger partial charge in [-0.3, -0.25) is 8.98 Å². The molecule has 0 aromatic carbocycles. The lowest BCUT2D eigenvalue weighted by Crippen LogP contribution is -2.34. The molecule has 0 rings (SSSR count). The molecule has 0 amide bonds. The van der Waals surface area contributed by atoms with Gasteiger partial charge in [-0.2, -0.15) is 8.42 Å². The van der Waals surface area contributed by atoms with E-state index in [1.165, 1.54) is 77.6 Å². The molecule has 262 valence electrons. The highest BCUT2D eigenvalue weighted by atomic mass is 32.2. The van der Waals surface area contributed by atoms with Crippen LogP contribution in [0, 0.1) is 0 Å². The normalized spacial score (nSPS) is 14.0. The van der Waals surface area contributed by atoms with Crippen molar-refractivity contribution in [2.45, 2.75) is 187 Å². The second-order valence-corrected chi connectivity index (χ2v) is 14.1. The smallest absolute Gasteiger partial charge is 0.302 e. The summed E-state index contributed by atoms with van der Waals surface area (Å²) in [5, 5.41) is 0. The zero-order chi connectivity index (χ0) is 33.3. The van der Waals surface area contributed by atoms with Crippen LogP contribution >= 0.6 is 0 Å². The van der Waals surface area contributed by atoms with E-state index >= 15 is 0 Å². The van der Waals surface area contributed by atoms with E-state index in [1.54, 1.807) is 0 Å². The summed E-state index contributed by atoms with van der Waals surface area (Å²) in [7, 11) is -3.65. The van der Waals surface area contributed by atoms with Crippen LogP contribution < -0.4 is 0 Å². The highest BCUT2D eigenvalue weighted by Crippen LogP contribution is 2.22. The number of carbonyl (C=O) groups excluding carboxylic acids is 1. The van der Waals surface area contributed by atoms with Crippen LogP contribution in [0.1, 0.15) is 175 Å². The second kappa shape index (κ2) is 32.3. The van der Waals surface area contributed by atoms with Gasteiger partial charge in [-0.15, -0.1) is 0 Å². The molecular formula is C39H70O5S. The first-order chi connectivity index (χ1) is 21.8. The SMILES string of the molecule is CCCCC/C=C\C/C=C\CCCCCCCC(OC(C)=O)C(CCCCCCC/C=C\C/C=C\CCCCC)OS(C)(=O)=O. The van der Waals surface area contributed by atoms with Gasteiger partial charge in [0.05, 0.1) is 6.26 Å². The van der Waals surface area contributed by atoms with Gasteiger partial charge in [-0.05, 0) is 83.5 Å². The minimum absolute atomic E-state index is 0.385. The van der Waals surface area contributed by atoms with Crippen molar-refractivity contribution in [2.24, 2.45) is 0 Å². The average molecular weight is 651 g/mol. The summed E-state index contributed by atoms with van der Waals surface area (Å²) in [6, 6.07) is 0. The minimum atomic E-state index is -3.65. The molecule has 0 fully saturated rings. The van der Waals surface area contributed by atoms with Crippen LogP contribution in [0.3, 0.4) is 0 Å². The quantitative estimate of drug-likeness (QED) is 0.0313. The van der Waals surface area contributed by atoms with Crippen LogP contribution in [0.2, 0.25) is 0 Å². The molecule has 45 heavy (non-hydrogen) atoms. The van der Waals surface area contributed by atoms with Crippen LogP contribution in [-0.4, -0.2) is 32.9 Å². The molecular weight excluding hydrogens is 580 g/mol. The van der Waals surface area contributed by atoms with E-state index < -0.39 is 22.3 Å². The summed E-state index contributed by atoms with van der Waals surface area (Å²) in [4.78, 5) is 11.9. The number of ether oxygens (including phenoxy) is 1. The van der Waals surface area contributed by atoms with Crippen LogP contribution in [0.4, 0.5) is 0 Å². The van der Waals surface area contributed by atoms with E-state index in [9.17, 15) is 13.2 Å². The second-order valence-electron chi connectivity index (χ2n) is 12.5. The fraction of sp³-hybridized carbons (Fsp3) is 0.769. The Labute approximate surface area is 279 Å². The van der Waals surface area contributed by atoms with Crippen LogP contribution in [0.5, 0.6) is 0 Å². The molecule has 0 bridgehead atoms. The van der Waals surface area contributed by atoms with Crippen molar-refractivity contribution < 1.29 is 22.1 Å². The lowest BCUT2D eigenvalue weighted by molar-refractivity contribution is -0.152. The number of hydrogen-bond acceptors (Lipinski definition) is 5. The largest absolute Gasteiger partial charge is 0.460 e. The Hall–Kier alpha value is -1.66. The van der Waals surface area contributed by atoms with Gasteiger partial charge >= 0.3 is 5.97 Å². The van der Waals surface area contributed by atoms with Crippen molar-refractivity contribution in [3.8, 4) is 0 Å². The maximum absolute atomic E-state index is 12.0. The number of esters is 1. The van der Waals surface area contributed by atoms with E-state index in [0.717, 1.165) is 76.9 Å². The first-order valence-electron chi connectivity index (χ1n) is 18.5. The third-order valence-electron chi connectivity index (χ3n) is 7.91. The van der Waals surface area contributed by atoms with E-state index in [2.05, 4.69) is 62.5 Å². The Morgan fingerprint density at radius 3 is 1.27 bits per heavy atom. The van der Waals surface area contributed by atoms with Gasteiger partial charge in [0.2, 0.25) is 0 Å². The summed E-state index contributed by atoms with van der Waals surface area (Å²) in [5.41, 5.74) is 0. The number of rotatable bonds is 32. The van der Waals surface area contributed by atoms with E-state index in [1.807, 2.05) is 0 Å². The van der Waals surface area contributed by atoms with E-state index in [-0.39, 0.29) is 5.97 Å². The van der Waals surface area contributed by atoms with Crippen molar-refractivity contribution in [3.63, 3.8) is 0 Å². The first kappa shape index (κ1) is 43.3. The van der Waals surface area contributed by atoms with Crippen LogP contribution in [0.25, 0.3) is 0 Å². The van der Waals surface area contributed by atoms with Gasteiger partial charge in [0.1, 0.15) is 12.2 Å². The molecule has 5 nitrogen and oxygen atoms in total. The number of allylic oxidation sites excluding steroid dienone is 8. The molecule has 6 heteroatoms. The lowest BCUT2D eigenvalue weighted by Gasteiger charge is -2.26. The fourth-order valence-electron chi connectivity index (χ4n) is 5.37. The third-order valence-corrected chi connectivity index (χ3v) is 8.51. The summed E-state index contributed by atoms with van der Waals surface area (Å²) >= 11 is 0. The van der Waals surface area contributed by atoms with Crippen LogP contribution in [0.15, 0.2) is 48.6 Å². The molecule has 0 radical (unpaired) electrons. The van der Waals surface area contributed by atoms with Crippen molar-refractivity contribution in [2.75, 3.05) is 6.26 Å². The van der Waals surface area contributed by atoms with E-state index in [0.29, 0.717) is 12.8 Å². The van der Waals surface area contributed by atoms with Gasteiger partial charge in [-0.25, -0.2) is 0 Å². The van der Waals surface area contributed by atoms with Gasteiger partial charge in [-0.1, -0.05) is 133 Å². The van der Waals surface area contributed by atoms with Gasteiger partial charge in [0.15, 0.2) is 0 Å². The third kappa shape index (κ3) is 33.5. The number of carbonyl (C=O) groups is 1. The standard InChI is InChI=1S/C39H70O5S/c1-5-7-9-11-13-15-17-19-21-23-25-27-29-31-33-35-38(43-37(3)40)39(44-45(4,41)42)36-34-32-30-28-26-24-22-20-18-16-14-12-10-8-6-2/h13-16,19-22,38-39H,5-12,17-18,23-36H2,1-4H3/b15-13-,16-14-,21-19-,22-20-. The monoisotopic (exact) mass is 650 g/mol. The Morgan fingerprint density at radius 1 is 0.533 bits per heavy atom. The van der Waals surface area contributed by atoms with Crippen molar-refractivity contribution in [1.82, 2.24) is 0 Å². The molecule has 2 atom stereocenters. The highest BCUT2D eigenvalue weighted by molar-refractivity contribution is 7.86. The predicted octanol–water partition coefficient (Wildman–Crippen LogP) is 11.9. The molecule has 0 N–H and O–H groups in total. The molecule has 0 aliphatic heterocycles.